The molecule has 0 aliphatic carbocycles. The van der Waals surface area contributed by atoms with Crippen LogP contribution in [0.4, 0.5) is 5.82 Å². The maximum absolute atomic E-state index is 4.26. The Morgan fingerprint density at radius 3 is 2.84 bits per heavy atom. The fourth-order valence-electron chi connectivity index (χ4n) is 1.91. The van der Waals surface area contributed by atoms with Crippen molar-refractivity contribution in [3.05, 3.63) is 35.5 Å². The fraction of sp³-hybridized carbons (Fsp3) is 0.500. The highest BCUT2D eigenvalue weighted by atomic mass is 15.1. The van der Waals surface area contributed by atoms with Gasteiger partial charge in [0, 0.05) is 24.0 Å². The predicted molar refractivity (Wildman–Crippen MR) is 76.3 cm³/mol. The molecule has 0 fully saturated rings. The Balaban J connectivity index is 1.79. The number of nitrogens with one attached hydrogen (secondary N) is 2. The number of aryl methyl sites for hydroxylation is 2. The van der Waals surface area contributed by atoms with Crippen molar-refractivity contribution in [3.63, 3.8) is 0 Å². The first-order chi connectivity index (χ1) is 9.16. The lowest BCUT2D eigenvalue weighted by atomic mass is 10.1. The van der Waals surface area contributed by atoms with Gasteiger partial charge in [0.2, 0.25) is 0 Å². The normalized spacial score (nSPS) is 10.9. The van der Waals surface area contributed by atoms with E-state index in [9.17, 15) is 0 Å². The van der Waals surface area contributed by atoms with E-state index >= 15 is 0 Å². The minimum atomic E-state index is 0.428. The largest absolute Gasteiger partial charge is 0.370 e. The summed E-state index contributed by atoms with van der Waals surface area (Å²) in [7, 11) is 0. The van der Waals surface area contributed by atoms with Gasteiger partial charge in [0.05, 0.1) is 6.20 Å². The summed E-state index contributed by atoms with van der Waals surface area (Å²) in [5, 5.41) is 10.3. The fourth-order valence-corrected chi connectivity index (χ4v) is 1.91. The summed E-state index contributed by atoms with van der Waals surface area (Å²) in [6.45, 7) is 7.22. The molecule has 0 amide bonds. The Labute approximate surface area is 113 Å². The van der Waals surface area contributed by atoms with Gasteiger partial charge < -0.3 is 5.32 Å². The smallest absolute Gasteiger partial charge is 0.129 e. The zero-order chi connectivity index (χ0) is 13.7. The van der Waals surface area contributed by atoms with E-state index in [0.29, 0.717) is 5.92 Å². The molecule has 5 heteroatoms. The lowest BCUT2D eigenvalue weighted by Gasteiger charge is -2.08. The minimum Gasteiger partial charge on any atom is -0.370 e. The van der Waals surface area contributed by atoms with Crippen LogP contribution in [0.2, 0.25) is 0 Å². The van der Waals surface area contributed by atoms with Gasteiger partial charge in [-0.25, -0.2) is 9.97 Å². The molecule has 19 heavy (non-hydrogen) atoms. The zero-order valence-corrected chi connectivity index (χ0v) is 11.8. The van der Waals surface area contributed by atoms with E-state index in [2.05, 4.69) is 46.3 Å². The SMILES string of the molecule is Cc1[nH]ncc1CCCNc1cc(C(C)C)ncn1. The van der Waals surface area contributed by atoms with Gasteiger partial charge in [-0.05, 0) is 31.2 Å². The van der Waals surface area contributed by atoms with Crippen LogP contribution in [0.3, 0.4) is 0 Å². The highest BCUT2D eigenvalue weighted by molar-refractivity contribution is 5.35. The monoisotopic (exact) mass is 259 g/mol. The molecule has 0 radical (unpaired) electrons. The molecular weight excluding hydrogens is 238 g/mol. The molecule has 2 aromatic rings. The molecule has 2 aromatic heterocycles. The first kappa shape index (κ1) is 13.5. The van der Waals surface area contributed by atoms with Crippen LogP contribution < -0.4 is 5.32 Å². The summed E-state index contributed by atoms with van der Waals surface area (Å²) >= 11 is 0. The van der Waals surface area contributed by atoms with Gasteiger partial charge in [-0.15, -0.1) is 0 Å². The molecule has 102 valence electrons. The van der Waals surface area contributed by atoms with Gasteiger partial charge in [0.1, 0.15) is 12.1 Å². The van der Waals surface area contributed by atoms with E-state index in [1.807, 2.05) is 12.3 Å². The Kier molecular flexibility index (Phi) is 4.49. The number of hydrogen-bond donors (Lipinski definition) is 2. The number of nitrogens with zero attached hydrogens (tertiary/aromatic N) is 3. The lowest BCUT2D eigenvalue weighted by Crippen LogP contribution is -2.06. The third-order valence-corrected chi connectivity index (χ3v) is 3.14. The Morgan fingerprint density at radius 2 is 2.16 bits per heavy atom. The quantitative estimate of drug-likeness (QED) is 0.783. The maximum atomic E-state index is 4.26. The van der Waals surface area contributed by atoms with Crippen molar-refractivity contribution < 1.29 is 0 Å². The van der Waals surface area contributed by atoms with E-state index in [-0.39, 0.29) is 0 Å². The number of H-pyrrole nitrogens is 1. The Bertz CT molecular complexity index is 518. The molecule has 2 heterocycles. The van der Waals surface area contributed by atoms with Crippen molar-refractivity contribution in [3.8, 4) is 0 Å². The second kappa shape index (κ2) is 6.31. The molecule has 0 unspecified atom stereocenters. The van der Waals surface area contributed by atoms with Gasteiger partial charge in [-0.2, -0.15) is 5.10 Å². The molecule has 5 nitrogen and oxygen atoms in total. The molecule has 0 spiro atoms. The zero-order valence-electron chi connectivity index (χ0n) is 11.8. The average Bonchev–Trinajstić information content (AvgIpc) is 2.81. The molecule has 0 saturated carbocycles. The number of aromatic amines is 1. The molecule has 0 atom stereocenters. The topological polar surface area (TPSA) is 66.5 Å². The molecule has 0 aliphatic heterocycles. The third kappa shape index (κ3) is 3.77. The second-order valence-electron chi connectivity index (χ2n) is 5.03. The van der Waals surface area contributed by atoms with Crippen molar-refractivity contribution >= 4 is 5.82 Å². The predicted octanol–water partition coefficient (Wildman–Crippen LogP) is 2.68. The van der Waals surface area contributed by atoms with E-state index in [4.69, 9.17) is 0 Å². The van der Waals surface area contributed by atoms with E-state index in [1.54, 1.807) is 6.33 Å². The molecule has 0 bridgehead atoms. The van der Waals surface area contributed by atoms with Gasteiger partial charge in [0.25, 0.3) is 0 Å². The molecular formula is C14H21N5. The van der Waals surface area contributed by atoms with Crippen LogP contribution in [0.5, 0.6) is 0 Å². The second-order valence-corrected chi connectivity index (χ2v) is 5.03. The summed E-state index contributed by atoms with van der Waals surface area (Å²) in [6.07, 6.45) is 5.60. The van der Waals surface area contributed by atoms with Crippen LogP contribution in [-0.2, 0) is 6.42 Å². The van der Waals surface area contributed by atoms with Crippen LogP contribution in [-0.4, -0.2) is 26.7 Å². The van der Waals surface area contributed by atoms with Crippen LogP contribution in [0, 0.1) is 6.92 Å². The van der Waals surface area contributed by atoms with E-state index in [1.165, 1.54) is 5.56 Å². The standard InChI is InChI=1S/C14H21N5/c1-10(2)13-7-14(17-9-16-13)15-6-4-5-12-8-18-19-11(12)3/h7-10H,4-6H2,1-3H3,(H,18,19)(H,15,16,17). The molecule has 0 aliphatic rings. The summed E-state index contributed by atoms with van der Waals surface area (Å²) in [5.41, 5.74) is 3.51. The average molecular weight is 259 g/mol. The van der Waals surface area contributed by atoms with Crippen LogP contribution >= 0.6 is 0 Å². The molecule has 2 rings (SSSR count). The third-order valence-electron chi connectivity index (χ3n) is 3.14. The van der Waals surface area contributed by atoms with Crippen molar-refractivity contribution in [2.75, 3.05) is 11.9 Å². The van der Waals surface area contributed by atoms with Gasteiger partial charge in [-0.1, -0.05) is 13.8 Å². The highest BCUT2D eigenvalue weighted by Gasteiger charge is 2.03. The van der Waals surface area contributed by atoms with Crippen LogP contribution in [0.15, 0.2) is 18.6 Å². The van der Waals surface area contributed by atoms with E-state index < -0.39 is 0 Å². The first-order valence-corrected chi connectivity index (χ1v) is 6.71. The van der Waals surface area contributed by atoms with Gasteiger partial charge in [0.15, 0.2) is 0 Å². The van der Waals surface area contributed by atoms with Crippen molar-refractivity contribution in [2.45, 2.75) is 39.5 Å². The van der Waals surface area contributed by atoms with Crippen molar-refractivity contribution in [2.24, 2.45) is 0 Å². The first-order valence-electron chi connectivity index (χ1n) is 6.71. The Morgan fingerprint density at radius 1 is 1.32 bits per heavy atom. The minimum absolute atomic E-state index is 0.428. The summed E-state index contributed by atoms with van der Waals surface area (Å²) < 4.78 is 0. The van der Waals surface area contributed by atoms with Crippen molar-refractivity contribution in [1.82, 2.24) is 20.2 Å². The lowest BCUT2D eigenvalue weighted by molar-refractivity contribution is 0.809. The summed E-state index contributed by atoms with van der Waals surface area (Å²) in [4.78, 5) is 8.49. The van der Waals surface area contributed by atoms with Crippen LogP contribution in [0.25, 0.3) is 0 Å². The van der Waals surface area contributed by atoms with Crippen LogP contribution in [0.1, 0.15) is 43.1 Å². The van der Waals surface area contributed by atoms with E-state index in [0.717, 1.165) is 36.6 Å². The Hall–Kier alpha value is -1.91. The van der Waals surface area contributed by atoms with Gasteiger partial charge in [-0.3, -0.25) is 5.10 Å². The number of aromatic nitrogens is 4. The highest BCUT2D eigenvalue weighted by Crippen LogP contribution is 2.13. The number of anilines is 1. The molecule has 0 saturated heterocycles. The van der Waals surface area contributed by atoms with Crippen molar-refractivity contribution in [1.29, 1.82) is 0 Å². The van der Waals surface area contributed by atoms with Gasteiger partial charge >= 0.3 is 0 Å². The maximum Gasteiger partial charge on any atom is 0.129 e. The summed E-state index contributed by atoms with van der Waals surface area (Å²) in [6, 6.07) is 2.02. The molecule has 2 N–H and O–H groups in total. The number of rotatable bonds is 6. The summed E-state index contributed by atoms with van der Waals surface area (Å²) in [5.74, 6) is 1.33. The molecule has 0 aromatic carbocycles. The number of hydrogen-bond acceptors (Lipinski definition) is 4.